The van der Waals surface area contributed by atoms with E-state index in [4.69, 9.17) is 24.7 Å². The third-order valence-corrected chi connectivity index (χ3v) is 1.99. The third kappa shape index (κ3) is 9.25. The van der Waals surface area contributed by atoms with E-state index in [1.807, 2.05) is 0 Å². The van der Waals surface area contributed by atoms with E-state index >= 15 is 0 Å². The van der Waals surface area contributed by atoms with Crippen molar-refractivity contribution in [3.05, 3.63) is 11.6 Å². The first-order chi connectivity index (χ1) is 10.1. The number of allylic oxidation sites excluding steroid dienone is 1. The van der Waals surface area contributed by atoms with Crippen LogP contribution in [0.3, 0.4) is 0 Å². The van der Waals surface area contributed by atoms with Crippen molar-refractivity contribution in [3.63, 3.8) is 0 Å². The van der Waals surface area contributed by atoms with Gasteiger partial charge in [-0.15, -0.1) is 0 Å². The van der Waals surface area contributed by atoms with E-state index in [-0.39, 0.29) is 19.8 Å². The maximum absolute atomic E-state index is 9.46. The van der Waals surface area contributed by atoms with Gasteiger partial charge in [-0.2, -0.15) is 10.5 Å². The van der Waals surface area contributed by atoms with E-state index in [9.17, 15) is 5.11 Å². The molecule has 0 radical (unpaired) electrons. The quantitative estimate of drug-likeness (QED) is 0.328. The minimum absolute atomic E-state index is 0.102. The number of hydrogen-bond donors (Lipinski definition) is 1. The van der Waals surface area contributed by atoms with Crippen molar-refractivity contribution >= 4 is 0 Å². The van der Waals surface area contributed by atoms with E-state index in [0.717, 1.165) is 0 Å². The second-order valence-electron chi connectivity index (χ2n) is 3.74. The highest BCUT2D eigenvalue weighted by Gasteiger charge is 2.24. The standard InChI is InChI=1S/C15H16N2O4/c1-19-9-4-3-6-14(10-21-13-20-2)7-5-8-15(18,11-16)12-17/h6,18H,8-10,13H2,1-2H3/b14-6-. The highest BCUT2D eigenvalue weighted by molar-refractivity contribution is 5.36. The first-order valence-electron chi connectivity index (χ1n) is 5.88. The van der Waals surface area contributed by atoms with Gasteiger partial charge in [-0.25, -0.2) is 0 Å². The smallest absolute Gasteiger partial charge is 0.249 e. The van der Waals surface area contributed by atoms with Crippen LogP contribution in [0.5, 0.6) is 0 Å². The molecular formula is C15H16N2O4. The molecular weight excluding hydrogens is 272 g/mol. The summed E-state index contributed by atoms with van der Waals surface area (Å²) in [4.78, 5) is 0. The summed E-state index contributed by atoms with van der Waals surface area (Å²) in [5, 5.41) is 26.7. The zero-order valence-corrected chi connectivity index (χ0v) is 12.0. The molecule has 0 amide bonds. The second kappa shape index (κ2) is 11.5. The van der Waals surface area contributed by atoms with Gasteiger partial charge in [-0.3, -0.25) is 0 Å². The number of ether oxygens (including phenoxy) is 3. The Hall–Kier alpha value is -2.32. The van der Waals surface area contributed by atoms with Gasteiger partial charge in [-0.1, -0.05) is 23.7 Å². The van der Waals surface area contributed by atoms with Crippen LogP contribution in [0.15, 0.2) is 11.6 Å². The molecule has 110 valence electrons. The molecule has 0 saturated heterocycles. The predicted molar refractivity (Wildman–Crippen MR) is 74.1 cm³/mol. The lowest BCUT2D eigenvalue weighted by Crippen LogP contribution is -2.22. The summed E-state index contributed by atoms with van der Waals surface area (Å²) < 4.78 is 14.7. The maximum Gasteiger partial charge on any atom is 0.249 e. The van der Waals surface area contributed by atoms with Crippen molar-refractivity contribution in [3.8, 4) is 35.8 Å². The van der Waals surface area contributed by atoms with Crippen LogP contribution in [0.1, 0.15) is 6.42 Å². The normalized spacial score (nSPS) is 10.4. The molecule has 6 nitrogen and oxygen atoms in total. The molecule has 21 heavy (non-hydrogen) atoms. The molecule has 0 fully saturated rings. The summed E-state index contributed by atoms with van der Waals surface area (Å²) in [5.74, 6) is 10.7. The zero-order chi connectivity index (χ0) is 16.0. The number of methoxy groups -OCH3 is 2. The molecule has 0 bridgehead atoms. The molecule has 0 aliphatic rings. The molecule has 0 aromatic carbocycles. The SMILES string of the molecule is COCC#C/C=C(/C#CCC(O)(C#N)C#N)COCOC. The Bertz CT molecular complexity index is 533. The molecule has 6 heteroatoms. The fourth-order valence-corrected chi connectivity index (χ4v) is 0.990. The molecule has 1 N–H and O–H groups in total. The molecule has 0 unspecified atom stereocenters. The monoisotopic (exact) mass is 288 g/mol. The fraction of sp³-hybridized carbons (Fsp3) is 0.467. The lowest BCUT2D eigenvalue weighted by atomic mass is 10.0. The van der Waals surface area contributed by atoms with Crippen molar-refractivity contribution in [2.24, 2.45) is 0 Å². The highest BCUT2D eigenvalue weighted by atomic mass is 16.7. The third-order valence-electron chi connectivity index (χ3n) is 1.99. The molecule has 0 atom stereocenters. The highest BCUT2D eigenvalue weighted by Crippen LogP contribution is 2.06. The summed E-state index contributed by atoms with van der Waals surface area (Å²) >= 11 is 0. The van der Waals surface area contributed by atoms with Gasteiger partial charge in [0.25, 0.3) is 0 Å². The lowest BCUT2D eigenvalue weighted by molar-refractivity contribution is -0.0201. The minimum Gasteiger partial charge on any atom is -0.372 e. The van der Waals surface area contributed by atoms with E-state index < -0.39 is 5.60 Å². The van der Waals surface area contributed by atoms with E-state index in [1.165, 1.54) is 26.4 Å². The van der Waals surface area contributed by atoms with Gasteiger partial charge in [0.1, 0.15) is 25.5 Å². The first kappa shape index (κ1) is 18.7. The van der Waals surface area contributed by atoms with Crippen LogP contribution < -0.4 is 0 Å². The minimum atomic E-state index is -2.10. The summed E-state index contributed by atoms with van der Waals surface area (Å²) in [6, 6.07) is 2.98. The van der Waals surface area contributed by atoms with E-state index in [2.05, 4.69) is 23.7 Å². The summed E-state index contributed by atoms with van der Waals surface area (Å²) in [6.45, 7) is 0.559. The van der Waals surface area contributed by atoms with Crippen LogP contribution in [0.4, 0.5) is 0 Å². The number of hydrogen-bond acceptors (Lipinski definition) is 6. The van der Waals surface area contributed by atoms with Crippen molar-refractivity contribution in [2.75, 3.05) is 34.2 Å². The average Bonchev–Trinajstić information content (AvgIpc) is 2.51. The van der Waals surface area contributed by atoms with E-state index in [0.29, 0.717) is 12.2 Å². The van der Waals surface area contributed by atoms with Gasteiger partial charge in [0, 0.05) is 25.9 Å². The molecule has 0 saturated carbocycles. The van der Waals surface area contributed by atoms with Crippen LogP contribution in [0, 0.1) is 46.3 Å². The van der Waals surface area contributed by atoms with E-state index in [1.54, 1.807) is 6.08 Å². The summed E-state index contributed by atoms with van der Waals surface area (Å²) in [5.41, 5.74) is -1.57. The lowest BCUT2D eigenvalue weighted by Gasteiger charge is -2.04. The van der Waals surface area contributed by atoms with Crippen LogP contribution in [0.2, 0.25) is 0 Å². The van der Waals surface area contributed by atoms with Crippen LogP contribution in [-0.4, -0.2) is 44.9 Å². The van der Waals surface area contributed by atoms with Crippen molar-refractivity contribution in [1.29, 1.82) is 10.5 Å². The van der Waals surface area contributed by atoms with Crippen molar-refractivity contribution in [1.82, 2.24) is 0 Å². The number of nitrogens with zero attached hydrogens (tertiary/aromatic N) is 2. The van der Waals surface area contributed by atoms with Gasteiger partial charge >= 0.3 is 0 Å². The van der Waals surface area contributed by atoms with Gasteiger partial charge in [-0.05, 0) is 0 Å². The summed E-state index contributed by atoms with van der Waals surface area (Å²) in [7, 11) is 3.03. The van der Waals surface area contributed by atoms with Gasteiger partial charge in [0.2, 0.25) is 5.60 Å². The molecule has 0 aliphatic carbocycles. The maximum atomic E-state index is 9.46. The molecule has 0 aromatic rings. The zero-order valence-electron chi connectivity index (χ0n) is 12.0. The van der Waals surface area contributed by atoms with Gasteiger partial charge < -0.3 is 19.3 Å². The molecule has 0 aromatic heterocycles. The molecule has 0 rings (SSSR count). The Kier molecular flexibility index (Phi) is 10.2. The number of nitriles is 2. The second-order valence-corrected chi connectivity index (χ2v) is 3.74. The molecule has 0 heterocycles. The van der Waals surface area contributed by atoms with Gasteiger partial charge in [0.05, 0.1) is 13.0 Å². The van der Waals surface area contributed by atoms with Crippen LogP contribution >= 0.6 is 0 Å². The average molecular weight is 288 g/mol. The Balaban J connectivity index is 4.81. The molecule has 0 aliphatic heterocycles. The Morgan fingerprint density at radius 3 is 2.48 bits per heavy atom. The van der Waals surface area contributed by atoms with Crippen molar-refractivity contribution < 1.29 is 19.3 Å². The number of rotatable bonds is 6. The number of aliphatic hydroxyl groups is 1. The fourth-order valence-electron chi connectivity index (χ4n) is 0.990. The Labute approximate surface area is 124 Å². The topological polar surface area (TPSA) is 95.5 Å². The molecule has 0 spiro atoms. The summed E-state index contributed by atoms with van der Waals surface area (Å²) in [6.07, 6.45) is 1.26. The van der Waals surface area contributed by atoms with Crippen LogP contribution in [-0.2, 0) is 14.2 Å². The Morgan fingerprint density at radius 1 is 1.19 bits per heavy atom. The predicted octanol–water partition coefficient (Wildman–Crippen LogP) is 0.355. The largest absolute Gasteiger partial charge is 0.372 e. The Morgan fingerprint density at radius 2 is 1.90 bits per heavy atom. The van der Waals surface area contributed by atoms with Gasteiger partial charge in [0.15, 0.2) is 0 Å². The van der Waals surface area contributed by atoms with Crippen LogP contribution in [0.25, 0.3) is 0 Å². The first-order valence-corrected chi connectivity index (χ1v) is 5.88. The van der Waals surface area contributed by atoms with Crippen molar-refractivity contribution in [2.45, 2.75) is 12.0 Å².